The number of nitrogens with one attached hydrogen (secondary N) is 1. The molecule has 2 aromatic rings. The van der Waals surface area contributed by atoms with E-state index in [9.17, 15) is 23.1 Å². The lowest BCUT2D eigenvalue weighted by Crippen LogP contribution is -2.51. The van der Waals surface area contributed by atoms with E-state index in [0.717, 1.165) is 25.7 Å². The molecule has 1 aromatic heterocycles. The van der Waals surface area contributed by atoms with Crippen molar-refractivity contribution in [3.05, 3.63) is 46.6 Å². The molecule has 1 aliphatic heterocycles. The Morgan fingerprint density at radius 3 is 2.67 bits per heavy atom. The molecule has 36 heavy (non-hydrogen) atoms. The summed E-state index contributed by atoms with van der Waals surface area (Å²) in [6.07, 6.45) is -1.03. The van der Waals surface area contributed by atoms with E-state index < -0.39 is 30.2 Å². The van der Waals surface area contributed by atoms with Gasteiger partial charge in [0.1, 0.15) is 11.5 Å². The van der Waals surface area contributed by atoms with Gasteiger partial charge >= 0.3 is 6.36 Å². The average Bonchev–Trinajstić information content (AvgIpc) is 3.50. The molecule has 2 N–H and O–H groups in total. The minimum Gasteiger partial charge on any atom is -0.480 e. The number of hydrogen-bond acceptors (Lipinski definition) is 6. The van der Waals surface area contributed by atoms with Crippen molar-refractivity contribution >= 4 is 17.5 Å². The zero-order chi connectivity index (χ0) is 25.3. The lowest BCUT2D eigenvalue weighted by Gasteiger charge is -2.33. The van der Waals surface area contributed by atoms with Crippen molar-refractivity contribution < 1.29 is 37.0 Å². The van der Waals surface area contributed by atoms with Gasteiger partial charge in [0.15, 0.2) is 6.10 Å². The zero-order valence-corrected chi connectivity index (χ0v) is 20.1. The normalized spacial score (nSPS) is 35.1. The van der Waals surface area contributed by atoms with Crippen molar-refractivity contribution in [1.82, 2.24) is 10.3 Å². The van der Waals surface area contributed by atoms with Crippen LogP contribution in [0.2, 0.25) is 5.02 Å². The number of aliphatic hydroxyl groups excluding tert-OH is 1. The molecule has 3 saturated carbocycles. The maximum absolute atomic E-state index is 13.2. The number of hydrogen-bond donors (Lipinski definition) is 2. The minimum atomic E-state index is -4.62. The summed E-state index contributed by atoms with van der Waals surface area (Å²) in [6.45, 7) is 0. The van der Waals surface area contributed by atoms with Crippen LogP contribution >= 0.6 is 11.6 Å². The summed E-state index contributed by atoms with van der Waals surface area (Å²) in [4.78, 5) is 17.7. The number of carbonyl (C=O) groups is 1. The second-order valence-corrected chi connectivity index (χ2v) is 11.1. The molecular weight excluding hydrogens is 501 g/mol. The van der Waals surface area contributed by atoms with Crippen molar-refractivity contribution in [3.63, 3.8) is 0 Å². The summed E-state index contributed by atoms with van der Waals surface area (Å²) >= 11 is 6.01. The fourth-order valence-electron chi connectivity index (χ4n) is 6.39. The second kappa shape index (κ2) is 8.36. The Bertz CT molecular complexity index is 1170. The van der Waals surface area contributed by atoms with Crippen LogP contribution in [0, 0.1) is 0 Å². The highest BCUT2D eigenvalue weighted by atomic mass is 35.5. The van der Waals surface area contributed by atoms with Gasteiger partial charge in [0.25, 0.3) is 5.91 Å². The molecule has 0 radical (unpaired) electrons. The van der Waals surface area contributed by atoms with Gasteiger partial charge in [-0.25, -0.2) is 4.98 Å². The molecule has 0 saturated heterocycles. The molecule has 2 bridgehead atoms. The fraction of sp³-hybridized carbons (Fsp3) is 0.600. The highest BCUT2D eigenvalue weighted by molar-refractivity contribution is 6.30. The van der Waals surface area contributed by atoms with Gasteiger partial charge < -0.3 is 19.6 Å². The zero-order valence-electron chi connectivity index (χ0n) is 19.3. The quantitative estimate of drug-likeness (QED) is 0.565. The van der Waals surface area contributed by atoms with E-state index in [0.29, 0.717) is 34.4 Å². The summed E-state index contributed by atoms with van der Waals surface area (Å²) in [7, 11) is 0. The molecule has 1 aromatic carbocycles. The number of halogens is 4. The summed E-state index contributed by atoms with van der Waals surface area (Å²) in [5, 5.41) is 14.2. The van der Waals surface area contributed by atoms with E-state index in [1.807, 2.05) is 0 Å². The molecule has 3 fully saturated rings. The lowest BCUT2D eigenvalue weighted by molar-refractivity contribution is -0.352. The highest BCUT2D eigenvalue weighted by Crippen LogP contribution is 2.58. The predicted molar refractivity (Wildman–Crippen MR) is 120 cm³/mol. The first-order chi connectivity index (χ1) is 17.0. The van der Waals surface area contributed by atoms with Gasteiger partial charge in [0.2, 0.25) is 5.89 Å². The Balaban J connectivity index is 1.09. The van der Waals surface area contributed by atoms with Gasteiger partial charge in [0.05, 0.1) is 18.4 Å². The van der Waals surface area contributed by atoms with E-state index >= 15 is 0 Å². The largest absolute Gasteiger partial charge is 0.522 e. The van der Waals surface area contributed by atoms with Crippen molar-refractivity contribution in [2.45, 2.75) is 92.9 Å². The molecule has 3 aliphatic carbocycles. The third-order valence-corrected chi connectivity index (χ3v) is 8.57. The van der Waals surface area contributed by atoms with Crippen molar-refractivity contribution in [3.8, 4) is 5.75 Å². The van der Waals surface area contributed by atoms with Crippen molar-refractivity contribution in [2.75, 3.05) is 0 Å². The topological polar surface area (TPSA) is 93.8 Å². The van der Waals surface area contributed by atoms with E-state index in [2.05, 4.69) is 15.0 Å². The number of amides is 1. The van der Waals surface area contributed by atoms with Crippen LogP contribution in [0.4, 0.5) is 13.2 Å². The first kappa shape index (κ1) is 24.1. The van der Waals surface area contributed by atoms with Gasteiger partial charge in [-0.3, -0.25) is 9.53 Å². The van der Waals surface area contributed by atoms with Crippen LogP contribution < -0.4 is 10.1 Å². The number of benzene rings is 1. The molecular formula is C25H26ClF3N2O5. The fourth-order valence-corrected chi connectivity index (χ4v) is 6.57. The molecule has 6 rings (SSSR count). The van der Waals surface area contributed by atoms with Crippen LogP contribution in [-0.4, -0.2) is 40.1 Å². The smallest absolute Gasteiger partial charge is 0.480 e. The Morgan fingerprint density at radius 2 is 1.94 bits per heavy atom. The van der Waals surface area contributed by atoms with E-state index in [1.165, 1.54) is 0 Å². The van der Waals surface area contributed by atoms with Crippen LogP contribution in [-0.2, 0) is 14.9 Å². The van der Waals surface area contributed by atoms with Gasteiger partial charge in [-0.15, -0.1) is 13.2 Å². The van der Waals surface area contributed by atoms with Crippen LogP contribution in [0.1, 0.15) is 80.6 Å². The number of nitrogens with zero attached hydrogens (tertiary/aromatic N) is 1. The molecule has 0 spiro atoms. The SMILES string of the molecule is O=C(NC12CCC(c3ncc(C4CC(OC(F)(F)F)C4)o3)(CC1)C2)[C@H]1C[C@@H](O)c2cc(Cl)ccc2O1. The average molecular weight is 527 g/mol. The maximum Gasteiger partial charge on any atom is 0.522 e. The van der Waals surface area contributed by atoms with E-state index in [-0.39, 0.29) is 36.5 Å². The first-order valence-corrected chi connectivity index (χ1v) is 12.6. The minimum absolute atomic E-state index is 0.130. The van der Waals surface area contributed by atoms with E-state index in [4.69, 9.17) is 20.8 Å². The number of aliphatic hydroxyl groups is 1. The van der Waals surface area contributed by atoms with Crippen LogP contribution in [0.5, 0.6) is 5.75 Å². The van der Waals surface area contributed by atoms with Crippen molar-refractivity contribution in [2.24, 2.45) is 0 Å². The Hall–Kier alpha value is -2.30. The lowest BCUT2D eigenvalue weighted by atomic mass is 9.81. The molecule has 2 heterocycles. The molecule has 194 valence electrons. The number of rotatable bonds is 5. The molecule has 7 nitrogen and oxygen atoms in total. The summed E-state index contributed by atoms with van der Waals surface area (Å²) in [5.41, 5.74) is -0.122. The van der Waals surface area contributed by atoms with E-state index in [1.54, 1.807) is 24.4 Å². The molecule has 4 aliphatic rings. The Labute approximate surface area is 210 Å². The summed E-state index contributed by atoms with van der Waals surface area (Å²) in [5.74, 6) is 1.26. The highest BCUT2D eigenvalue weighted by Gasteiger charge is 2.58. The standard InChI is InChI=1S/C25H26ClF3N2O5/c26-14-1-2-18-16(9-14)17(32)10-19(34-18)21(33)31-24-5-3-23(12-24,4-6-24)22-30-11-20(35-22)13-7-15(8-13)36-25(27,28)29/h1-2,9,11,13,15,17,19,32H,3-8,10,12H2,(H,31,33)/t13?,15?,17-,19-,23?,24?/m1/s1. The van der Waals surface area contributed by atoms with Gasteiger partial charge in [-0.05, 0) is 63.1 Å². The maximum atomic E-state index is 13.2. The number of aromatic nitrogens is 1. The molecule has 11 heteroatoms. The number of fused-ring (bicyclic) bond motifs is 3. The van der Waals surface area contributed by atoms with Crippen LogP contribution in [0.3, 0.4) is 0 Å². The summed E-state index contributed by atoms with van der Waals surface area (Å²) in [6, 6.07) is 4.97. The third-order valence-electron chi connectivity index (χ3n) is 8.33. The summed E-state index contributed by atoms with van der Waals surface area (Å²) < 4.78 is 53.2. The number of carbonyl (C=O) groups excluding carboxylic acids is 1. The van der Waals surface area contributed by atoms with Crippen LogP contribution in [0.25, 0.3) is 0 Å². The monoisotopic (exact) mass is 526 g/mol. The Kier molecular flexibility index (Phi) is 5.59. The van der Waals surface area contributed by atoms with Crippen LogP contribution in [0.15, 0.2) is 28.8 Å². The molecule has 2 atom stereocenters. The molecule has 1 amide bonds. The number of oxazole rings is 1. The number of ether oxygens (including phenoxy) is 2. The second-order valence-electron chi connectivity index (χ2n) is 10.7. The van der Waals surface area contributed by atoms with Crippen molar-refractivity contribution in [1.29, 1.82) is 0 Å². The first-order valence-electron chi connectivity index (χ1n) is 12.2. The Morgan fingerprint density at radius 1 is 1.19 bits per heavy atom. The third kappa shape index (κ3) is 4.26. The predicted octanol–water partition coefficient (Wildman–Crippen LogP) is 5.07. The molecule has 0 unspecified atom stereocenters. The number of alkyl halides is 3. The van der Waals surface area contributed by atoms with Gasteiger partial charge in [0, 0.05) is 33.9 Å². The van der Waals surface area contributed by atoms with Gasteiger partial charge in [-0.1, -0.05) is 11.6 Å². The van der Waals surface area contributed by atoms with Gasteiger partial charge in [-0.2, -0.15) is 0 Å².